The number of aliphatic hydroxyl groups is 1. The van der Waals surface area contributed by atoms with Crippen LogP contribution < -0.4 is 0 Å². The van der Waals surface area contributed by atoms with E-state index in [2.05, 4.69) is 24.3 Å². The third-order valence-electron chi connectivity index (χ3n) is 6.42. The molecule has 0 saturated heterocycles. The molecule has 0 saturated carbocycles. The summed E-state index contributed by atoms with van der Waals surface area (Å²) in [7, 11) is 0. The topological polar surface area (TPSA) is 94.9 Å². The molecule has 0 aliphatic carbocycles. The van der Waals surface area contributed by atoms with Gasteiger partial charge in [0, 0.05) is 13.0 Å². The number of benzene rings is 3. The lowest BCUT2D eigenvalue weighted by Crippen LogP contribution is -2.43. The molecule has 1 heterocycles. The van der Waals surface area contributed by atoms with Crippen molar-refractivity contribution in [2.75, 3.05) is 6.54 Å². The maximum atomic E-state index is 12.5. The number of aryl methyl sites for hydroxylation is 2. The van der Waals surface area contributed by atoms with Gasteiger partial charge in [0.2, 0.25) is 0 Å². The summed E-state index contributed by atoms with van der Waals surface area (Å²) in [5, 5.41) is 20.4. The first kappa shape index (κ1) is 23.4. The van der Waals surface area contributed by atoms with Crippen molar-refractivity contribution in [1.82, 2.24) is 4.90 Å². The molecule has 6 nitrogen and oxygen atoms in total. The van der Waals surface area contributed by atoms with Gasteiger partial charge in [0.1, 0.15) is 0 Å². The van der Waals surface area contributed by atoms with E-state index in [0.29, 0.717) is 24.0 Å². The van der Waals surface area contributed by atoms with Crippen LogP contribution in [-0.2, 0) is 11.2 Å². The van der Waals surface area contributed by atoms with Crippen molar-refractivity contribution in [1.29, 1.82) is 0 Å². The quantitative estimate of drug-likeness (QED) is 0.462. The monoisotopic (exact) mass is 457 g/mol. The van der Waals surface area contributed by atoms with Gasteiger partial charge in [-0.3, -0.25) is 14.5 Å². The van der Waals surface area contributed by atoms with Gasteiger partial charge in [-0.1, -0.05) is 66.2 Å². The van der Waals surface area contributed by atoms with Crippen LogP contribution in [-0.4, -0.2) is 45.0 Å². The molecule has 4 rings (SSSR count). The molecule has 1 atom stereocenters. The molecule has 1 unspecified atom stereocenters. The molecule has 2 amide bonds. The number of carbonyl (C=O) groups excluding carboxylic acids is 2. The van der Waals surface area contributed by atoms with E-state index in [1.54, 1.807) is 24.3 Å². The lowest BCUT2D eigenvalue weighted by molar-refractivity contribution is -0.160. The Bertz CT molecular complexity index is 1180. The molecule has 0 spiro atoms. The first-order valence-corrected chi connectivity index (χ1v) is 11.4. The van der Waals surface area contributed by atoms with Crippen molar-refractivity contribution >= 4 is 17.8 Å². The van der Waals surface area contributed by atoms with Crippen LogP contribution in [0.4, 0.5) is 0 Å². The lowest BCUT2D eigenvalue weighted by atomic mass is 9.91. The zero-order chi connectivity index (χ0) is 24.3. The van der Waals surface area contributed by atoms with E-state index >= 15 is 0 Å². The SMILES string of the molecule is Cc1ccc(-c2ccc(CCCC(O)(CCN3C(=O)c4ccccc4C3=O)C(=O)O)cc2)cc1. The molecule has 174 valence electrons. The Balaban J connectivity index is 1.34. The number of amides is 2. The van der Waals surface area contributed by atoms with Crippen LogP contribution in [0.5, 0.6) is 0 Å². The summed E-state index contributed by atoms with van der Waals surface area (Å²) in [5.41, 5.74) is 3.08. The number of hydrogen-bond acceptors (Lipinski definition) is 4. The summed E-state index contributed by atoms with van der Waals surface area (Å²) in [4.78, 5) is 37.9. The number of fused-ring (bicyclic) bond motifs is 1. The molecule has 3 aromatic rings. The van der Waals surface area contributed by atoms with Crippen LogP contribution in [0.3, 0.4) is 0 Å². The molecule has 0 fully saturated rings. The van der Waals surface area contributed by atoms with Crippen molar-refractivity contribution in [3.05, 3.63) is 95.1 Å². The normalized spacial score (nSPS) is 14.7. The van der Waals surface area contributed by atoms with E-state index in [4.69, 9.17) is 0 Å². The summed E-state index contributed by atoms with van der Waals surface area (Å²) >= 11 is 0. The van der Waals surface area contributed by atoms with Gasteiger partial charge in [0.25, 0.3) is 11.8 Å². The number of aliphatic carboxylic acids is 1. The third-order valence-corrected chi connectivity index (χ3v) is 6.42. The first-order chi connectivity index (χ1) is 16.3. The Kier molecular flexibility index (Phi) is 6.61. The van der Waals surface area contributed by atoms with Crippen molar-refractivity contribution in [2.24, 2.45) is 0 Å². The zero-order valence-corrected chi connectivity index (χ0v) is 19.0. The second-order valence-electron chi connectivity index (χ2n) is 8.81. The maximum Gasteiger partial charge on any atom is 0.335 e. The fourth-order valence-corrected chi connectivity index (χ4v) is 4.27. The average molecular weight is 458 g/mol. The Hall–Kier alpha value is -3.77. The molecular weight excluding hydrogens is 430 g/mol. The van der Waals surface area contributed by atoms with Crippen LogP contribution in [0.15, 0.2) is 72.8 Å². The Morgan fingerprint density at radius 2 is 1.35 bits per heavy atom. The number of rotatable bonds is 9. The second kappa shape index (κ2) is 9.61. The Morgan fingerprint density at radius 3 is 1.88 bits per heavy atom. The standard InChI is InChI=1S/C28H27NO5/c1-19-8-12-21(13-9-19)22-14-10-20(11-15-22)5-4-16-28(34,27(32)33)17-18-29-25(30)23-6-2-3-7-24(23)26(29)31/h2-3,6-15,34H,4-5,16-18H2,1H3,(H,32,33). The predicted molar refractivity (Wildman–Crippen MR) is 129 cm³/mol. The molecular formula is C28H27NO5. The first-order valence-electron chi connectivity index (χ1n) is 11.4. The minimum Gasteiger partial charge on any atom is -0.479 e. The maximum absolute atomic E-state index is 12.5. The van der Waals surface area contributed by atoms with Crippen LogP contribution in [0, 0.1) is 6.92 Å². The fraction of sp³-hybridized carbons (Fsp3) is 0.250. The van der Waals surface area contributed by atoms with Gasteiger partial charge in [-0.2, -0.15) is 0 Å². The van der Waals surface area contributed by atoms with Gasteiger partial charge in [-0.05, 0) is 55.0 Å². The van der Waals surface area contributed by atoms with Gasteiger partial charge in [0.05, 0.1) is 11.1 Å². The minimum absolute atomic E-state index is 0.0191. The van der Waals surface area contributed by atoms with Crippen molar-refractivity contribution in [2.45, 2.75) is 38.2 Å². The molecule has 0 bridgehead atoms. The van der Waals surface area contributed by atoms with Crippen molar-refractivity contribution in [3.8, 4) is 11.1 Å². The van der Waals surface area contributed by atoms with Gasteiger partial charge in [-0.15, -0.1) is 0 Å². The highest BCUT2D eigenvalue weighted by Crippen LogP contribution is 2.26. The average Bonchev–Trinajstić information content (AvgIpc) is 3.08. The van der Waals surface area contributed by atoms with Crippen LogP contribution in [0.2, 0.25) is 0 Å². The van der Waals surface area contributed by atoms with Gasteiger partial charge >= 0.3 is 5.97 Å². The molecule has 0 aromatic heterocycles. The molecule has 1 aliphatic heterocycles. The van der Waals surface area contributed by atoms with Crippen LogP contribution >= 0.6 is 0 Å². The fourth-order valence-electron chi connectivity index (χ4n) is 4.27. The molecule has 3 aromatic carbocycles. The zero-order valence-electron chi connectivity index (χ0n) is 19.0. The predicted octanol–water partition coefficient (Wildman–Crippen LogP) is 4.49. The third kappa shape index (κ3) is 4.77. The lowest BCUT2D eigenvalue weighted by Gasteiger charge is -2.25. The summed E-state index contributed by atoms with van der Waals surface area (Å²) in [6.45, 7) is 1.89. The molecule has 1 aliphatic rings. The highest BCUT2D eigenvalue weighted by molar-refractivity contribution is 6.21. The van der Waals surface area contributed by atoms with Gasteiger partial charge in [0.15, 0.2) is 5.60 Å². The van der Waals surface area contributed by atoms with E-state index in [9.17, 15) is 24.6 Å². The highest BCUT2D eigenvalue weighted by atomic mass is 16.4. The van der Waals surface area contributed by atoms with E-state index in [1.807, 2.05) is 31.2 Å². The van der Waals surface area contributed by atoms with E-state index in [1.165, 1.54) is 5.56 Å². The number of carboxylic acid groups (broad SMARTS) is 1. The number of carboxylic acids is 1. The highest BCUT2D eigenvalue weighted by Gasteiger charge is 2.40. The van der Waals surface area contributed by atoms with Crippen molar-refractivity contribution < 1.29 is 24.6 Å². The smallest absolute Gasteiger partial charge is 0.335 e. The van der Waals surface area contributed by atoms with Crippen LogP contribution in [0.1, 0.15) is 51.1 Å². The van der Waals surface area contributed by atoms with Crippen molar-refractivity contribution in [3.63, 3.8) is 0 Å². The van der Waals surface area contributed by atoms with Gasteiger partial charge < -0.3 is 10.2 Å². The molecule has 0 radical (unpaired) electrons. The Labute approximate surface area is 198 Å². The Morgan fingerprint density at radius 1 is 0.824 bits per heavy atom. The molecule has 2 N–H and O–H groups in total. The number of nitrogens with zero attached hydrogens (tertiary/aromatic N) is 1. The molecule has 6 heteroatoms. The minimum atomic E-state index is -2.02. The summed E-state index contributed by atoms with van der Waals surface area (Å²) in [6.07, 6.45) is 0.858. The summed E-state index contributed by atoms with van der Waals surface area (Å²) in [6, 6.07) is 22.9. The number of hydrogen-bond donors (Lipinski definition) is 2. The summed E-state index contributed by atoms with van der Waals surface area (Å²) < 4.78 is 0. The van der Waals surface area contributed by atoms with Crippen LogP contribution in [0.25, 0.3) is 11.1 Å². The molecule has 34 heavy (non-hydrogen) atoms. The summed E-state index contributed by atoms with van der Waals surface area (Å²) in [5.74, 6) is -2.26. The van der Waals surface area contributed by atoms with E-state index in [-0.39, 0.29) is 19.4 Å². The van der Waals surface area contributed by atoms with E-state index < -0.39 is 23.4 Å². The number of imide groups is 1. The largest absolute Gasteiger partial charge is 0.479 e. The second-order valence-corrected chi connectivity index (χ2v) is 8.81. The van der Waals surface area contributed by atoms with E-state index in [0.717, 1.165) is 21.6 Å². The van der Waals surface area contributed by atoms with Gasteiger partial charge in [-0.25, -0.2) is 4.79 Å². The number of carbonyl (C=O) groups is 3.